The quantitative estimate of drug-likeness (QED) is 0.394. The van der Waals surface area contributed by atoms with Crippen molar-refractivity contribution in [2.24, 2.45) is 0 Å². The molecule has 5 nitrogen and oxygen atoms in total. The summed E-state index contributed by atoms with van der Waals surface area (Å²) in [5.74, 6) is 1.72. The summed E-state index contributed by atoms with van der Waals surface area (Å²) in [4.78, 5) is 21.3. The molecule has 5 rings (SSSR count). The summed E-state index contributed by atoms with van der Waals surface area (Å²) in [6.07, 6.45) is 2.49. The molecule has 0 radical (unpaired) electrons. The summed E-state index contributed by atoms with van der Waals surface area (Å²) in [5.41, 5.74) is 3.31. The van der Waals surface area contributed by atoms with E-state index in [0.717, 1.165) is 66.3 Å². The van der Waals surface area contributed by atoms with Crippen LogP contribution in [0.4, 0.5) is 0 Å². The molecule has 1 fully saturated rings. The van der Waals surface area contributed by atoms with E-state index in [4.69, 9.17) is 4.74 Å². The van der Waals surface area contributed by atoms with E-state index in [1.165, 1.54) is 0 Å². The molecule has 0 bridgehead atoms. The maximum absolute atomic E-state index is 13.5. The molecule has 1 aliphatic rings. The number of likely N-dealkylation sites (N-methyl/N-ethyl adjacent to an activating group) is 1. The number of carbonyl (C=O) groups is 1. The summed E-state index contributed by atoms with van der Waals surface area (Å²) in [6.45, 7) is 6.69. The highest BCUT2D eigenvalue weighted by molar-refractivity contribution is 5.86. The Morgan fingerprint density at radius 2 is 1.65 bits per heavy atom. The first-order valence-electron chi connectivity index (χ1n) is 12.1. The first kappa shape index (κ1) is 22.2. The minimum atomic E-state index is -0.0628. The average molecular weight is 454 g/mol. The van der Waals surface area contributed by atoms with Gasteiger partial charge in [-0.3, -0.25) is 4.79 Å². The Morgan fingerprint density at radius 1 is 0.912 bits per heavy atom. The third kappa shape index (κ3) is 4.85. The highest BCUT2D eigenvalue weighted by atomic mass is 16.5. The zero-order valence-corrected chi connectivity index (χ0v) is 19.6. The van der Waals surface area contributed by atoms with E-state index in [1.807, 2.05) is 53.4 Å². The number of aromatic amines is 1. The third-order valence-corrected chi connectivity index (χ3v) is 6.79. The number of rotatable bonds is 7. The lowest BCUT2D eigenvalue weighted by atomic mass is 9.87. The third-order valence-electron chi connectivity index (χ3n) is 6.79. The number of piperazine rings is 1. The van der Waals surface area contributed by atoms with Gasteiger partial charge in [0, 0.05) is 55.6 Å². The van der Waals surface area contributed by atoms with Crippen LogP contribution in [0, 0.1) is 0 Å². The van der Waals surface area contributed by atoms with Gasteiger partial charge in [0.05, 0.1) is 0 Å². The minimum Gasteiger partial charge on any atom is -0.457 e. The van der Waals surface area contributed by atoms with Crippen molar-refractivity contribution in [3.05, 3.63) is 96.2 Å². The van der Waals surface area contributed by atoms with Gasteiger partial charge in [-0.2, -0.15) is 0 Å². The van der Waals surface area contributed by atoms with Gasteiger partial charge in [-0.15, -0.1) is 0 Å². The van der Waals surface area contributed by atoms with Gasteiger partial charge in [0.15, 0.2) is 0 Å². The number of fused-ring (bicyclic) bond motifs is 1. The predicted molar refractivity (Wildman–Crippen MR) is 136 cm³/mol. The lowest BCUT2D eigenvalue weighted by molar-refractivity contribution is -0.133. The van der Waals surface area contributed by atoms with Crippen molar-refractivity contribution in [3.8, 4) is 11.5 Å². The minimum absolute atomic E-state index is 0.0628. The predicted octanol–water partition coefficient (Wildman–Crippen LogP) is 5.65. The van der Waals surface area contributed by atoms with Gasteiger partial charge in [-0.05, 0) is 48.0 Å². The fourth-order valence-corrected chi connectivity index (χ4v) is 4.83. The SMILES string of the molecule is CCN1CCN(C(=O)C[C@H](c2cccc(Oc3ccccc3)c2)c2c[nH]c3ccccc23)CC1. The Bertz CT molecular complexity index is 1240. The Hall–Kier alpha value is -3.57. The fourth-order valence-electron chi connectivity index (χ4n) is 4.83. The van der Waals surface area contributed by atoms with Crippen LogP contribution in [0.5, 0.6) is 11.5 Å². The number of aromatic nitrogens is 1. The molecule has 0 unspecified atom stereocenters. The Balaban J connectivity index is 1.45. The van der Waals surface area contributed by atoms with Gasteiger partial charge in [0.2, 0.25) is 5.91 Å². The van der Waals surface area contributed by atoms with Gasteiger partial charge in [-0.25, -0.2) is 0 Å². The molecule has 0 aliphatic carbocycles. The topological polar surface area (TPSA) is 48.6 Å². The van der Waals surface area contributed by atoms with Crippen LogP contribution in [0.15, 0.2) is 85.1 Å². The van der Waals surface area contributed by atoms with E-state index >= 15 is 0 Å². The molecule has 1 N–H and O–H groups in total. The largest absolute Gasteiger partial charge is 0.457 e. The van der Waals surface area contributed by atoms with Crippen molar-refractivity contribution in [2.75, 3.05) is 32.7 Å². The standard InChI is InChI=1S/C29H31N3O2/c1-2-31-15-17-32(18-16-31)29(33)20-26(27-21-30-28-14-7-6-13-25(27)28)22-9-8-12-24(19-22)34-23-10-4-3-5-11-23/h3-14,19,21,26,30H,2,15-18,20H2,1H3/t26-/m1/s1. The second-order valence-corrected chi connectivity index (χ2v) is 8.85. The summed E-state index contributed by atoms with van der Waals surface area (Å²) in [6, 6.07) is 26.2. The molecule has 1 aromatic heterocycles. The number of carbonyl (C=O) groups excluding carboxylic acids is 1. The van der Waals surface area contributed by atoms with Gasteiger partial charge in [0.25, 0.3) is 0 Å². The van der Waals surface area contributed by atoms with E-state index in [9.17, 15) is 4.79 Å². The van der Waals surface area contributed by atoms with Gasteiger partial charge < -0.3 is 19.5 Å². The van der Waals surface area contributed by atoms with E-state index in [1.54, 1.807) is 0 Å². The summed E-state index contributed by atoms with van der Waals surface area (Å²) in [5, 5.41) is 1.16. The van der Waals surface area contributed by atoms with Crippen molar-refractivity contribution in [3.63, 3.8) is 0 Å². The number of amides is 1. The normalized spacial score (nSPS) is 15.4. The molecule has 4 aromatic rings. The van der Waals surface area contributed by atoms with Crippen molar-refractivity contribution in [1.29, 1.82) is 0 Å². The van der Waals surface area contributed by atoms with Crippen LogP contribution in [0.2, 0.25) is 0 Å². The van der Waals surface area contributed by atoms with Crippen molar-refractivity contribution in [1.82, 2.24) is 14.8 Å². The molecular formula is C29H31N3O2. The molecule has 3 aromatic carbocycles. The molecule has 1 amide bonds. The molecule has 2 heterocycles. The number of benzene rings is 3. The first-order chi connectivity index (χ1) is 16.7. The molecule has 0 spiro atoms. The molecule has 1 aliphatic heterocycles. The molecule has 5 heteroatoms. The van der Waals surface area contributed by atoms with Crippen molar-refractivity contribution in [2.45, 2.75) is 19.3 Å². The summed E-state index contributed by atoms with van der Waals surface area (Å²) >= 11 is 0. The van der Waals surface area contributed by atoms with E-state index in [-0.39, 0.29) is 11.8 Å². The molecule has 0 saturated carbocycles. The van der Waals surface area contributed by atoms with E-state index in [2.05, 4.69) is 53.3 Å². The zero-order valence-electron chi connectivity index (χ0n) is 19.6. The Morgan fingerprint density at radius 3 is 2.44 bits per heavy atom. The van der Waals surface area contributed by atoms with Crippen LogP contribution in [-0.4, -0.2) is 53.4 Å². The second-order valence-electron chi connectivity index (χ2n) is 8.85. The Labute approximate surface area is 201 Å². The van der Waals surface area contributed by atoms with Crippen molar-refractivity contribution < 1.29 is 9.53 Å². The van der Waals surface area contributed by atoms with Crippen LogP contribution < -0.4 is 4.74 Å². The average Bonchev–Trinajstić information content (AvgIpc) is 3.32. The number of hydrogen-bond acceptors (Lipinski definition) is 3. The monoisotopic (exact) mass is 453 g/mol. The lowest BCUT2D eigenvalue weighted by Crippen LogP contribution is -2.48. The lowest BCUT2D eigenvalue weighted by Gasteiger charge is -2.35. The number of nitrogens with one attached hydrogen (secondary N) is 1. The number of H-pyrrole nitrogens is 1. The van der Waals surface area contributed by atoms with Crippen LogP contribution in [0.1, 0.15) is 30.4 Å². The van der Waals surface area contributed by atoms with E-state index in [0.29, 0.717) is 6.42 Å². The second kappa shape index (κ2) is 10.1. The number of hydrogen-bond donors (Lipinski definition) is 1. The molecular weight excluding hydrogens is 422 g/mol. The maximum Gasteiger partial charge on any atom is 0.223 e. The van der Waals surface area contributed by atoms with Gasteiger partial charge in [0.1, 0.15) is 11.5 Å². The van der Waals surface area contributed by atoms with Gasteiger partial charge >= 0.3 is 0 Å². The van der Waals surface area contributed by atoms with Crippen LogP contribution in [0.3, 0.4) is 0 Å². The highest BCUT2D eigenvalue weighted by Crippen LogP contribution is 2.36. The highest BCUT2D eigenvalue weighted by Gasteiger charge is 2.26. The fraction of sp³-hybridized carbons (Fsp3) is 0.276. The number of ether oxygens (including phenoxy) is 1. The molecule has 1 saturated heterocycles. The van der Waals surface area contributed by atoms with Crippen LogP contribution in [-0.2, 0) is 4.79 Å². The smallest absolute Gasteiger partial charge is 0.223 e. The van der Waals surface area contributed by atoms with Crippen LogP contribution >= 0.6 is 0 Å². The Kier molecular flexibility index (Phi) is 6.63. The van der Waals surface area contributed by atoms with Crippen molar-refractivity contribution >= 4 is 16.8 Å². The number of nitrogens with zero attached hydrogens (tertiary/aromatic N) is 2. The maximum atomic E-state index is 13.5. The summed E-state index contributed by atoms with van der Waals surface area (Å²) < 4.78 is 6.11. The van der Waals surface area contributed by atoms with Gasteiger partial charge in [-0.1, -0.05) is 55.5 Å². The first-order valence-corrected chi connectivity index (χ1v) is 12.1. The van der Waals surface area contributed by atoms with E-state index < -0.39 is 0 Å². The summed E-state index contributed by atoms with van der Waals surface area (Å²) in [7, 11) is 0. The van der Waals surface area contributed by atoms with Crippen LogP contribution in [0.25, 0.3) is 10.9 Å². The zero-order chi connectivity index (χ0) is 23.3. The number of para-hydroxylation sites is 2. The molecule has 174 valence electrons. The molecule has 34 heavy (non-hydrogen) atoms. The molecule has 1 atom stereocenters.